The lowest BCUT2D eigenvalue weighted by Crippen LogP contribution is -2.07. The smallest absolute Gasteiger partial charge is 0.343 e. The first-order valence-corrected chi connectivity index (χ1v) is 8.22. The van der Waals surface area contributed by atoms with Crippen molar-refractivity contribution in [2.75, 3.05) is 6.61 Å². The van der Waals surface area contributed by atoms with Crippen molar-refractivity contribution in [3.63, 3.8) is 0 Å². The Morgan fingerprint density at radius 2 is 1.96 bits per heavy atom. The van der Waals surface area contributed by atoms with E-state index in [1.54, 1.807) is 13.8 Å². The molecule has 0 bridgehead atoms. The standard InChI is InChI=1S/C17H15Cl2N3O2/c1-3-24-17(23)13-10(2)21-22-15(19)12(14(18)20-16(13)22)9-11-7-5-4-6-8-11/h4-8H,3,9H2,1-2H3. The fourth-order valence-electron chi connectivity index (χ4n) is 2.52. The van der Waals surface area contributed by atoms with Crippen LogP contribution in [0.1, 0.15) is 34.1 Å². The van der Waals surface area contributed by atoms with Gasteiger partial charge in [-0.15, -0.1) is 0 Å². The molecule has 0 radical (unpaired) electrons. The van der Waals surface area contributed by atoms with Crippen molar-refractivity contribution in [2.45, 2.75) is 20.3 Å². The van der Waals surface area contributed by atoms with Crippen LogP contribution < -0.4 is 0 Å². The number of hydrogen-bond acceptors (Lipinski definition) is 4. The molecule has 3 rings (SSSR count). The third kappa shape index (κ3) is 2.97. The fraction of sp³-hybridized carbons (Fsp3) is 0.235. The lowest BCUT2D eigenvalue weighted by molar-refractivity contribution is 0.0527. The average molecular weight is 364 g/mol. The Kier molecular flexibility index (Phi) is 4.73. The van der Waals surface area contributed by atoms with Gasteiger partial charge in [-0.1, -0.05) is 53.5 Å². The van der Waals surface area contributed by atoms with E-state index in [-0.39, 0.29) is 17.3 Å². The zero-order valence-corrected chi connectivity index (χ0v) is 14.7. The van der Waals surface area contributed by atoms with E-state index < -0.39 is 5.97 Å². The Balaban J connectivity index is 2.13. The van der Waals surface area contributed by atoms with E-state index in [2.05, 4.69) is 10.1 Å². The number of hydrogen-bond donors (Lipinski definition) is 0. The van der Waals surface area contributed by atoms with Gasteiger partial charge in [0.25, 0.3) is 0 Å². The van der Waals surface area contributed by atoms with Gasteiger partial charge in [-0.2, -0.15) is 5.10 Å². The molecule has 24 heavy (non-hydrogen) atoms. The van der Waals surface area contributed by atoms with Gasteiger partial charge in [0, 0.05) is 12.0 Å². The summed E-state index contributed by atoms with van der Waals surface area (Å²) in [6, 6.07) is 9.79. The summed E-state index contributed by atoms with van der Waals surface area (Å²) in [7, 11) is 0. The maximum absolute atomic E-state index is 12.1. The molecule has 5 nitrogen and oxygen atoms in total. The van der Waals surface area contributed by atoms with Gasteiger partial charge in [-0.05, 0) is 19.4 Å². The summed E-state index contributed by atoms with van der Waals surface area (Å²) in [4.78, 5) is 16.5. The molecule has 7 heteroatoms. The molecule has 0 aliphatic heterocycles. The molecule has 0 amide bonds. The maximum Gasteiger partial charge on any atom is 0.343 e. The first kappa shape index (κ1) is 16.7. The SMILES string of the molecule is CCOC(=O)c1c(C)nn2c(Cl)c(Cc3ccccc3)c(Cl)nc12. The lowest BCUT2D eigenvalue weighted by Gasteiger charge is -2.09. The van der Waals surface area contributed by atoms with E-state index >= 15 is 0 Å². The van der Waals surface area contributed by atoms with Crippen LogP contribution in [0.2, 0.25) is 10.3 Å². The van der Waals surface area contributed by atoms with E-state index in [0.29, 0.717) is 28.5 Å². The number of nitrogens with zero attached hydrogens (tertiary/aromatic N) is 3. The van der Waals surface area contributed by atoms with E-state index in [9.17, 15) is 4.79 Å². The van der Waals surface area contributed by atoms with Gasteiger partial charge in [0.2, 0.25) is 0 Å². The summed E-state index contributed by atoms with van der Waals surface area (Å²) >= 11 is 12.8. The fourth-order valence-corrected chi connectivity index (χ4v) is 3.08. The summed E-state index contributed by atoms with van der Waals surface area (Å²) in [5.74, 6) is -0.486. The number of aromatic nitrogens is 3. The summed E-state index contributed by atoms with van der Waals surface area (Å²) < 4.78 is 6.50. The van der Waals surface area contributed by atoms with Crippen molar-refractivity contribution >= 4 is 34.8 Å². The monoisotopic (exact) mass is 363 g/mol. The van der Waals surface area contributed by atoms with Gasteiger partial charge in [0.15, 0.2) is 5.65 Å². The highest BCUT2D eigenvalue weighted by molar-refractivity contribution is 6.35. The van der Waals surface area contributed by atoms with Crippen molar-refractivity contribution in [1.82, 2.24) is 14.6 Å². The molecule has 0 atom stereocenters. The normalized spacial score (nSPS) is 11.0. The second kappa shape index (κ2) is 6.79. The van der Waals surface area contributed by atoms with Crippen LogP contribution in [0.4, 0.5) is 0 Å². The van der Waals surface area contributed by atoms with E-state index in [0.717, 1.165) is 5.56 Å². The van der Waals surface area contributed by atoms with Crippen molar-refractivity contribution in [2.24, 2.45) is 0 Å². The molecule has 1 aromatic carbocycles. The van der Waals surface area contributed by atoms with Crippen molar-refractivity contribution in [3.8, 4) is 0 Å². The molecule has 0 aliphatic carbocycles. The van der Waals surface area contributed by atoms with Gasteiger partial charge in [-0.3, -0.25) is 0 Å². The minimum Gasteiger partial charge on any atom is -0.462 e. The number of carbonyl (C=O) groups excluding carboxylic acids is 1. The lowest BCUT2D eigenvalue weighted by atomic mass is 10.1. The first-order chi connectivity index (χ1) is 11.5. The van der Waals surface area contributed by atoms with Crippen LogP contribution in [0, 0.1) is 6.92 Å². The Bertz CT molecular complexity index is 907. The Morgan fingerprint density at radius 1 is 1.25 bits per heavy atom. The molecule has 2 heterocycles. The highest BCUT2D eigenvalue weighted by Crippen LogP contribution is 2.29. The molecule has 0 saturated heterocycles. The van der Waals surface area contributed by atoms with Crippen LogP contribution in [-0.4, -0.2) is 27.2 Å². The number of aryl methyl sites for hydroxylation is 1. The van der Waals surface area contributed by atoms with Crippen molar-refractivity contribution in [3.05, 3.63) is 63.0 Å². The number of halogens is 2. The summed E-state index contributed by atoms with van der Waals surface area (Å²) in [6.07, 6.45) is 0.523. The van der Waals surface area contributed by atoms with Gasteiger partial charge in [-0.25, -0.2) is 14.3 Å². The highest BCUT2D eigenvalue weighted by Gasteiger charge is 2.23. The quantitative estimate of drug-likeness (QED) is 0.516. The predicted molar refractivity (Wildman–Crippen MR) is 92.9 cm³/mol. The molecule has 0 unspecified atom stereocenters. The predicted octanol–water partition coefficient (Wildman–Crippen LogP) is 4.11. The molecule has 0 N–H and O–H groups in total. The number of carbonyl (C=O) groups is 1. The van der Waals surface area contributed by atoms with Gasteiger partial charge in [0.1, 0.15) is 15.9 Å². The Labute approximate surface area is 149 Å². The Morgan fingerprint density at radius 3 is 2.62 bits per heavy atom. The van der Waals surface area contributed by atoms with Gasteiger partial charge in [0.05, 0.1) is 12.3 Å². The average Bonchev–Trinajstić information content (AvgIpc) is 2.89. The van der Waals surface area contributed by atoms with E-state index in [1.165, 1.54) is 4.52 Å². The van der Waals surface area contributed by atoms with Crippen LogP contribution in [0.3, 0.4) is 0 Å². The van der Waals surface area contributed by atoms with E-state index in [1.807, 2.05) is 30.3 Å². The summed E-state index contributed by atoms with van der Waals surface area (Å²) in [5, 5.41) is 4.91. The molecule has 3 aromatic rings. The third-order valence-corrected chi connectivity index (χ3v) is 4.33. The number of ether oxygens (including phenoxy) is 1. The minimum absolute atomic E-state index is 0.252. The zero-order chi connectivity index (χ0) is 17.3. The molecule has 2 aromatic heterocycles. The number of benzene rings is 1. The van der Waals surface area contributed by atoms with E-state index in [4.69, 9.17) is 27.9 Å². The third-order valence-electron chi connectivity index (χ3n) is 3.63. The maximum atomic E-state index is 12.1. The van der Waals surface area contributed by atoms with Crippen LogP contribution >= 0.6 is 23.2 Å². The second-order valence-corrected chi connectivity index (χ2v) is 5.97. The van der Waals surface area contributed by atoms with Gasteiger partial charge >= 0.3 is 5.97 Å². The van der Waals surface area contributed by atoms with Crippen LogP contribution in [0.25, 0.3) is 5.65 Å². The molecular formula is C17H15Cl2N3O2. The minimum atomic E-state index is -0.486. The summed E-state index contributed by atoms with van der Waals surface area (Å²) in [6.45, 7) is 3.72. The molecule has 124 valence electrons. The largest absolute Gasteiger partial charge is 0.462 e. The van der Waals surface area contributed by atoms with Crippen LogP contribution in [-0.2, 0) is 11.2 Å². The molecule has 0 saturated carbocycles. The molecule has 0 aliphatic rings. The van der Waals surface area contributed by atoms with Crippen LogP contribution in [0.15, 0.2) is 30.3 Å². The van der Waals surface area contributed by atoms with Crippen molar-refractivity contribution < 1.29 is 9.53 Å². The second-order valence-electron chi connectivity index (χ2n) is 5.25. The van der Waals surface area contributed by atoms with Crippen LogP contribution in [0.5, 0.6) is 0 Å². The zero-order valence-electron chi connectivity index (χ0n) is 13.2. The molecule has 0 spiro atoms. The van der Waals surface area contributed by atoms with Gasteiger partial charge < -0.3 is 4.74 Å². The summed E-state index contributed by atoms with van der Waals surface area (Å²) in [5.41, 5.74) is 2.80. The number of fused-ring (bicyclic) bond motifs is 1. The number of rotatable bonds is 4. The highest BCUT2D eigenvalue weighted by atomic mass is 35.5. The Hall–Kier alpha value is -2.11. The number of esters is 1. The topological polar surface area (TPSA) is 56.5 Å². The molecule has 0 fully saturated rings. The first-order valence-electron chi connectivity index (χ1n) is 7.47. The molecular weight excluding hydrogens is 349 g/mol. The van der Waals surface area contributed by atoms with Crippen molar-refractivity contribution in [1.29, 1.82) is 0 Å².